The Kier molecular flexibility index (Phi) is 6.64. The number of nitrogens with one attached hydrogen (secondary N) is 1. The number of benzene rings is 1. The highest BCUT2D eigenvalue weighted by Gasteiger charge is 2.10. The average Bonchev–Trinajstić information content (AvgIpc) is 2.33. The highest BCUT2D eigenvalue weighted by Crippen LogP contribution is 2.22. The molecule has 0 heterocycles. The van der Waals surface area contributed by atoms with Crippen LogP contribution in [0.5, 0.6) is 5.75 Å². The zero-order valence-corrected chi connectivity index (χ0v) is 10.8. The van der Waals surface area contributed by atoms with E-state index in [1.807, 2.05) is 0 Å². The molecule has 18 heavy (non-hydrogen) atoms. The van der Waals surface area contributed by atoms with Gasteiger partial charge >= 0.3 is 0 Å². The molecule has 0 aliphatic carbocycles. The van der Waals surface area contributed by atoms with Crippen LogP contribution in [0.25, 0.3) is 0 Å². The average molecular weight is 257 g/mol. The predicted molar refractivity (Wildman–Crippen MR) is 67.2 cm³/mol. The van der Waals surface area contributed by atoms with Gasteiger partial charge in [0, 0.05) is 25.8 Å². The Morgan fingerprint density at radius 3 is 2.89 bits per heavy atom. The molecule has 1 aromatic rings. The molecule has 1 atom stereocenters. The van der Waals surface area contributed by atoms with Crippen LogP contribution in [0.2, 0.25) is 0 Å². The van der Waals surface area contributed by atoms with Gasteiger partial charge < -0.3 is 19.9 Å². The van der Waals surface area contributed by atoms with Gasteiger partial charge in [-0.3, -0.25) is 0 Å². The molecule has 2 N–H and O–H groups in total. The Balaban J connectivity index is 2.61. The van der Waals surface area contributed by atoms with E-state index in [1.165, 1.54) is 6.07 Å². The first-order valence-corrected chi connectivity index (χ1v) is 5.93. The molecule has 0 aliphatic heterocycles. The second kappa shape index (κ2) is 8.02. The lowest BCUT2D eigenvalue weighted by Crippen LogP contribution is -2.20. The number of aliphatic hydroxyl groups is 1. The quantitative estimate of drug-likeness (QED) is 0.690. The Hall–Kier alpha value is -1.17. The van der Waals surface area contributed by atoms with E-state index in [1.54, 1.807) is 26.2 Å². The van der Waals surface area contributed by atoms with E-state index in [2.05, 4.69) is 5.32 Å². The van der Waals surface area contributed by atoms with Crippen molar-refractivity contribution in [3.63, 3.8) is 0 Å². The first-order chi connectivity index (χ1) is 8.65. The van der Waals surface area contributed by atoms with Gasteiger partial charge in [-0.25, -0.2) is 4.39 Å². The lowest BCUT2D eigenvalue weighted by atomic mass is 10.2. The van der Waals surface area contributed by atoms with Crippen LogP contribution in [0.4, 0.5) is 4.39 Å². The largest absolute Gasteiger partial charge is 0.487 e. The Bertz CT molecular complexity index is 358. The first kappa shape index (κ1) is 14.9. The second-order valence-electron chi connectivity index (χ2n) is 4.06. The van der Waals surface area contributed by atoms with Crippen molar-refractivity contribution in [2.75, 3.05) is 26.9 Å². The molecule has 0 saturated carbocycles. The third kappa shape index (κ3) is 5.00. The zero-order chi connectivity index (χ0) is 13.4. The van der Waals surface area contributed by atoms with Gasteiger partial charge in [-0.15, -0.1) is 0 Å². The third-order valence-electron chi connectivity index (χ3n) is 2.32. The van der Waals surface area contributed by atoms with Crippen LogP contribution in [-0.2, 0) is 11.3 Å². The molecule has 0 bridgehead atoms. The van der Waals surface area contributed by atoms with Crippen LogP contribution in [0.1, 0.15) is 12.5 Å². The lowest BCUT2D eigenvalue weighted by molar-refractivity contribution is 0.119. The highest BCUT2D eigenvalue weighted by molar-refractivity contribution is 5.34. The Morgan fingerprint density at radius 1 is 1.44 bits per heavy atom. The first-order valence-electron chi connectivity index (χ1n) is 5.93. The molecule has 1 rings (SSSR count). The summed E-state index contributed by atoms with van der Waals surface area (Å²) in [5.74, 6) is -0.218. The van der Waals surface area contributed by atoms with Gasteiger partial charge in [0.15, 0.2) is 11.6 Å². The normalized spacial score (nSPS) is 12.4. The van der Waals surface area contributed by atoms with Crippen molar-refractivity contribution in [2.45, 2.75) is 19.6 Å². The molecule has 102 valence electrons. The predicted octanol–water partition coefficient (Wildman–Crippen LogP) is 1.32. The summed E-state index contributed by atoms with van der Waals surface area (Å²) in [7, 11) is 1.63. The van der Waals surface area contributed by atoms with Crippen molar-refractivity contribution in [3.05, 3.63) is 29.6 Å². The minimum absolute atomic E-state index is 0.0754. The number of methoxy groups -OCH3 is 1. The smallest absolute Gasteiger partial charge is 0.165 e. The molecule has 0 radical (unpaired) electrons. The van der Waals surface area contributed by atoms with Crippen molar-refractivity contribution in [3.8, 4) is 5.75 Å². The molecule has 0 spiro atoms. The maximum absolute atomic E-state index is 13.6. The van der Waals surface area contributed by atoms with Crippen LogP contribution in [0.15, 0.2) is 18.2 Å². The molecule has 1 aromatic carbocycles. The summed E-state index contributed by atoms with van der Waals surface area (Å²) >= 11 is 0. The Labute approximate surface area is 107 Å². The summed E-state index contributed by atoms with van der Waals surface area (Å²) in [4.78, 5) is 0. The zero-order valence-electron chi connectivity index (χ0n) is 10.8. The van der Waals surface area contributed by atoms with Crippen LogP contribution < -0.4 is 10.1 Å². The van der Waals surface area contributed by atoms with Gasteiger partial charge in [-0.05, 0) is 13.0 Å². The number of para-hydroxylation sites is 1. The molecule has 0 aromatic heterocycles. The van der Waals surface area contributed by atoms with E-state index in [0.29, 0.717) is 19.7 Å². The minimum Gasteiger partial charge on any atom is -0.487 e. The maximum Gasteiger partial charge on any atom is 0.165 e. The summed E-state index contributed by atoms with van der Waals surface area (Å²) in [6.45, 7) is 3.45. The standard InChI is InChI=1S/C13H20FNO3/c1-10(16)9-18-13-11(4-3-5-12(13)14)8-15-6-7-17-2/h3-5,10,15-16H,6-9H2,1-2H3. The molecule has 0 saturated heterocycles. The van der Waals surface area contributed by atoms with Gasteiger partial charge in [0.25, 0.3) is 0 Å². The summed E-state index contributed by atoms with van der Waals surface area (Å²) in [5, 5.41) is 12.3. The van der Waals surface area contributed by atoms with Gasteiger partial charge in [-0.2, -0.15) is 0 Å². The topological polar surface area (TPSA) is 50.7 Å². The van der Waals surface area contributed by atoms with Gasteiger partial charge in [0.2, 0.25) is 0 Å². The second-order valence-corrected chi connectivity index (χ2v) is 4.06. The SMILES string of the molecule is COCCNCc1cccc(F)c1OCC(C)O. The number of rotatable bonds is 8. The van der Waals surface area contributed by atoms with Crippen molar-refractivity contribution in [2.24, 2.45) is 0 Å². The monoisotopic (exact) mass is 257 g/mol. The molecular formula is C13H20FNO3. The van der Waals surface area contributed by atoms with E-state index in [0.717, 1.165) is 5.56 Å². The van der Waals surface area contributed by atoms with Crippen LogP contribution in [0.3, 0.4) is 0 Å². The summed E-state index contributed by atoms with van der Waals surface area (Å²) in [5.41, 5.74) is 0.728. The Morgan fingerprint density at radius 2 is 2.22 bits per heavy atom. The van der Waals surface area contributed by atoms with E-state index in [4.69, 9.17) is 14.6 Å². The fraction of sp³-hybridized carbons (Fsp3) is 0.538. The van der Waals surface area contributed by atoms with Crippen LogP contribution >= 0.6 is 0 Å². The van der Waals surface area contributed by atoms with Crippen molar-refractivity contribution in [1.29, 1.82) is 0 Å². The molecule has 5 heteroatoms. The molecule has 0 amide bonds. The van der Waals surface area contributed by atoms with Crippen LogP contribution in [-0.4, -0.2) is 38.1 Å². The maximum atomic E-state index is 13.6. The summed E-state index contributed by atoms with van der Waals surface area (Å²) in [6.07, 6.45) is -0.626. The number of hydrogen-bond donors (Lipinski definition) is 2. The molecule has 4 nitrogen and oxygen atoms in total. The van der Waals surface area contributed by atoms with E-state index in [-0.39, 0.29) is 12.4 Å². The van der Waals surface area contributed by atoms with Crippen LogP contribution in [0, 0.1) is 5.82 Å². The third-order valence-corrected chi connectivity index (χ3v) is 2.32. The van der Waals surface area contributed by atoms with Crippen molar-refractivity contribution >= 4 is 0 Å². The molecular weight excluding hydrogens is 237 g/mol. The summed E-state index contributed by atoms with van der Waals surface area (Å²) < 4.78 is 23.8. The number of aliphatic hydroxyl groups excluding tert-OH is 1. The summed E-state index contributed by atoms with van der Waals surface area (Å²) in [6, 6.07) is 4.77. The van der Waals surface area contributed by atoms with Gasteiger partial charge in [-0.1, -0.05) is 12.1 Å². The number of hydrogen-bond acceptors (Lipinski definition) is 4. The number of ether oxygens (including phenoxy) is 2. The van der Waals surface area contributed by atoms with E-state index >= 15 is 0 Å². The highest BCUT2D eigenvalue weighted by atomic mass is 19.1. The van der Waals surface area contributed by atoms with Crippen molar-refractivity contribution < 1.29 is 19.0 Å². The minimum atomic E-state index is -0.626. The molecule has 1 unspecified atom stereocenters. The number of halogens is 1. The van der Waals surface area contributed by atoms with E-state index < -0.39 is 11.9 Å². The fourth-order valence-corrected chi connectivity index (χ4v) is 1.46. The van der Waals surface area contributed by atoms with Crippen molar-refractivity contribution in [1.82, 2.24) is 5.32 Å². The fourth-order valence-electron chi connectivity index (χ4n) is 1.46. The molecule has 0 fully saturated rings. The van der Waals surface area contributed by atoms with Gasteiger partial charge in [0.05, 0.1) is 12.7 Å². The van der Waals surface area contributed by atoms with Gasteiger partial charge in [0.1, 0.15) is 6.61 Å². The van der Waals surface area contributed by atoms with E-state index in [9.17, 15) is 4.39 Å². The molecule has 0 aliphatic rings. The lowest BCUT2D eigenvalue weighted by Gasteiger charge is -2.14.